The van der Waals surface area contributed by atoms with Crippen LogP contribution in [0.15, 0.2) is 83.1 Å². The van der Waals surface area contributed by atoms with Gasteiger partial charge in [-0.15, -0.1) is 10.2 Å². The Labute approximate surface area is 239 Å². The van der Waals surface area contributed by atoms with E-state index in [0.29, 0.717) is 39.4 Å². The van der Waals surface area contributed by atoms with Gasteiger partial charge in [0.25, 0.3) is 11.6 Å². The van der Waals surface area contributed by atoms with E-state index in [0.717, 1.165) is 5.69 Å². The summed E-state index contributed by atoms with van der Waals surface area (Å²) >= 11 is 1.18. The topological polar surface area (TPSA) is 143 Å². The summed E-state index contributed by atoms with van der Waals surface area (Å²) in [4.78, 5) is 23.2. The number of methoxy groups -OCH3 is 3. The molecule has 0 aliphatic carbocycles. The lowest BCUT2D eigenvalue weighted by atomic mass is 10.1. The number of allylic oxidation sites excluding steroid dienone is 1. The summed E-state index contributed by atoms with van der Waals surface area (Å²) in [6.45, 7) is 0. The Balaban J connectivity index is 1.51. The van der Waals surface area contributed by atoms with E-state index in [1.807, 2.05) is 34.9 Å². The van der Waals surface area contributed by atoms with Crippen LogP contribution < -0.4 is 19.6 Å². The third kappa shape index (κ3) is 6.89. The van der Waals surface area contributed by atoms with Gasteiger partial charge in [0.05, 0.1) is 37.6 Å². The predicted octanol–water partition coefficient (Wildman–Crippen LogP) is 4.78. The monoisotopic (exact) mass is 574 g/mol. The summed E-state index contributed by atoms with van der Waals surface area (Å²) in [6.07, 6.45) is 4.38. The largest absolute Gasteiger partial charge is 0.493 e. The lowest BCUT2D eigenvalue weighted by Gasteiger charge is -2.15. The van der Waals surface area contributed by atoms with Crippen LogP contribution in [0.1, 0.15) is 5.56 Å². The Hall–Kier alpha value is -5.17. The van der Waals surface area contributed by atoms with Crippen molar-refractivity contribution in [3.63, 3.8) is 0 Å². The molecule has 1 aromatic heterocycles. The number of para-hydroxylation sites is 2. The zero-order chi connectivity index (χ0) is 29.2. The second kappa shape index (κ2) is 13.8. The molecule has 41 heavy (non-hydrogen) atoms. The van der Waals surface area contributed by atoms with Gasteiger partial charge in [-0.05, 0) is 42.5 Å². The van der Waals surface area contributed by atoms with Gasteiger partial charge >= 0.3 is 0 Å². The second-order valence-corrected chi connectivity index (χ2v) is 9.11. The molecule has 0 saturated heterocycles. The van der Waals surface area contributed by atoms with Crippen molar-refractivity contribution in [2.24, 2.45) is 5.10 Å². The quantitative estimate of drug-likeness (QED) is 0.109. The molecule has 0 atom stereocenters. The number of thioether (sulfide) groups is 1. The summed E-state index contributed by atoms with van der Waals surface area (Å²) in [6, 6.07) is 19.4. The molecular formula is C28H26N6O6S. The van der Waals surface area contributed by atoms with E-state index in [9.17, 15) is 14.9 Å². The van der Waals surface area contributed by atoms with Crippen LogP contribution in [0.3, 0.4) is 0 Å². The Morgan fingerprint density at radius 1 is 1.02 bits per heavy atom. The molecule has 0 aliphatic heterocycles. The molecule has 1 N–H and O–H groups in total. The fraction of sp³-hybridized carbons (Fsp3) is 0.143. The van der Waals surface area contributed by atoms with Gasteiger partial charge in [0.1, 0.15) is 0 Å². The van der Waals surface area contributed by atoms with Crippen LogP contribution in [0.25, 0.3) is 23.2 Å². The molecule has 210 valence electrons. The first kappa shape index (κ1) is 28.8. The third-order valence-corrected chi connectivity index (χ3v) is 6.59. The van der Waals surface area contributed by atoms with Crippen molar-refractivity contribution in [2.45, 2.75) is 5.16 Å². The van der Waals surface area contributed by atoms with Gasteiger partial charge in [0.15, 0.2) is 22.5 Å². The van der Waals surface area contributed by atoms with E-state index in [4.69, 9.17) is 14.2 Å². The van der Waals surface area contributed by atoms with Crippen LogP contribution in [-0.2, 0) is 4.79 Å². The predicted molar refractivity (Wildman–Crippen MR) is 156 cm³/mol. The molecule has 0 aliphatic rings. The number of rotatable bonds is 12. The van der Waals surface area contributed by atoms with Crippen molar-refractivity contribution < 1.29 is 23.9 Å². The first-order chi connectivity index (χ1) is 20.0. The van der Waals surface area contributed by atoms with Crippen molar-refractivity contribution >= 4 is 35.6 Å². The fourth-order valence-electron chi connectivity index (χ4n) is 3.83. The molecule has 4 aromatic rings. The SMILES string of the molecule is COc1cc(-c2nnc(SCC(=O)N/N=C\C=C/c3ccccc3[N+](=O)[O-])n2-c2ccccc2)cc(OC)c1OC. The van der Waals surface area contributed by atoms with Crippen molar-refractivity contribution in [3.05, 3.63) is 88.5 Å². The fourth-order valence-corrected chi connectivity index (χ4v) is 4.57. The zero-order valence-electron chi connectivity index (χ0n) is 22.4. The van der Waals surface area contributed by atoms with E-state index in [1.54, 1.807) is 30.3 Å². The number of nitrogens with zero attached hydrogens (tertiary/aromatic N) is 5. The highest BCUT2D eigenvalue weighted by molar-refractivity contribution is 7.99. The summed E-state index contributed by atoms with van der Waals surface area (Å²) in [5, 5.41) is 24.2. The lowest BCUT2D eigenvalue weighted by molar-refractivity contribution is -0.385. The van der Waals surface area contributed by atoms with Gasteiger partial charge in [0.2, 0.25) is 5.75 Å². The number of benzene rings is 3. The van der Waals surface area contributed by atoms with Crippen LogP contribution in [0, 0.1) is 10.1 Å². The van der Waals surface area contributed by atoms with Gasteiger partial charge in [0, 0.05) is 23.5 Å². The molecular weight excluding hydrogens is 548 g/mol. The van der Waals surface area contributed by atoms with Crippen molar-refractivity contribution in [3.8, 4) is 34.3 Å². The minimum absolute atomic E-state index is 0.00539. The highest BCUT2D eigenvalue weighted by Gasteiger charge is 2.21. The summed E-state index contributed by atoms with van der Waals surface area (Å²) in [7, 11) is 4.60. The highest BCUT2D eigenvalue weighted by atomic mass is 32.2. The lowest BCUT2D eigenvalue weighted by Crippen LogP contribution is -2.19. The van der Waals surface area contributed by atoms with E-state index >= 15 is 0 Å². The molecule has 12 nitrogen and oxygen atoms in total. The zero-order valence-corrected chi connectivity index (χ0v) is 23.2. The van der Waals surface area contributed by atoms with Crippen LogP contribution in [0.4, 0.5) is 5.69 Å². The molecule has 0 radical (unpaired) electrons. The molecule has 1 amide bonds. The molecule has 0 saturated carbocycles. The smallest absolute Gasteiger partial charge is 0.276 e. The van der Waals surface area contributed by atoms with E-state index in [2.05, 4.69) is 20.7 Å². The van der Waals surface area contributed by atoms with Gasteiger partial charge in [-0.25, -0.2) is 5.43 Å². The van der Waals surface area contributed by atoms with E-state index in [1.165, 1.54) is 57.5 Å². The molecule has 0 unspecified atom stereocenters. The molecule has 13 heteroatoms. The van der Waals surface area contributed by atoms with E-state index < -0.39 is 4.92 Å². The maximum Gasteiger partial charge on any atom is 0.276 e. The number of hydrazone groups is 1. The number of ether oxygens (including phenoxy) is 3. The first-order valence-electron chi connectivity index (χ1n) is 12.1. The first-order valence-corrected chi connectivity index (χ1v) is 13.1. The average Bonchev–Trinajstić information content (AvgIpc) is 3.43. The molecule has 0 bridgehead atoms. The molecule has 4 rings (SSSR count). The maximum atomic E-state index is 12.5. The number of nitrogens with one attached hydrogen (secondary N) is 1. The average molecular weight is 575 g/mol. The second-order valence-electron chi connectivity index (χ2n) is 8.17. The number of carbonyl (C=O) groups is 1. The standard InChI is InChI=1S/C28H26N6O6S/c1-38-23-16-20(17-24(39-2)26(23)40-3)27-31-32-28(33(27)21-12-5-4-6-13-21)41-18-25(35)30-29-15-9-11-19-10-7-8-14-22(19)34(36)37/h4-17H,18H2,1-3H3,(H,30,35)/b11-9-,29-15-. The molecule has 0 fully saturated rings. The number of nitro benzene ring substituents is 1. The molecule has 0 spiro atoms. The Bertz CT molecular complexity index is 1560. The third-order valence-electron chi connectivity index (χ3n) is 5.66. The van der Waals surface area contributed by atoms with Crippen LogP contribution in [-0.4, -0.2) is 58.9 Å². The van der Waals surface area contributed by atoms with Crippen LogP contribution in [0.2, 0.25) is 0 Å². The Morgan fingerprint density at radius 2 is 1.71 bits per heavy atom. The van der Waals surface area contributed by atoms with Gasteiger partial charge < -0.3 is 14.2 Å². The van der Waals surface area contributed by atoms with Crippen molar-refractivity contribution in [1.29, 1.82) is 0 Å². The molecule has 3 aromatic carbocycles. The Kier molecular flexibility index (Phi) is 9.67. The van der Waals surface area contributed by atoms with Crippen LogP contribution >= 0.6 is 11.8 Å². The van der Waals surface area contributed by atoms with Crippen molar-refractivity contribution in [1.82, 2.24) is 20.2 Å². The summed E-state index contributed by atoms with van der Waals surface area (Å²) in [5.74, 6) is 1.52. The van der Waals surface area contributed by atoms with Gasteiger partial charge in [-0.2, -0.15) is 5.10 Å². The minimum atomic E-state index is -0.461. The molecule has 1 heterocycles. The number of amides is 1. The normalized spacial score (nSPS) is 11.1. The Morgan fingerprint density at radius 3 is 2.37 bits per heavy atom. The summed E-state index contributed by atoms with van der Waals surface area (Å²) < 4.78 is 18.3. The maximum absolute atomic E-state index is 12.5. The number of hydrogen-bond donors (Lipinski definition) is 1. The van der Waals surface area contributed by atoms with Gasteiger partial charge in [-0.3, -0.25) is 19.5 Å². The number of carbonyl (C=O) groups excluding carboxylic acids is 1. The van der Waals surface area contributed by atoms with E-state index in [-0.39, 0.29) is 17.3 Å². The van der Waals surface area contributed by atoms with Crippen molar-refractivity contribution in [2.75, 3.05) is 27.1 Å². The number of nitro groups is 1. The minimum Gasteiger partial charge on any atom is -0.493 e. The van der Waals surface area contributed by atoms with Gasteiger partial charge in [-0.1, -0.05) is 42.1 Å². The number of hydrogen-bond acceptors (Lipinski definition) is 10. The summed E-state index contributed by atoms with van der Waals surface area (Å²) in [5.41, 5.74) is 4.30. The number of aromatic nitrogens is 3. The highest BCUT2D eigenvalue weighted by Crippen LogP contribution is 2.41. The van der Waals surface area contributed by atoms with Crippen LogP contribution in [0.5, 0.6) is 17.2 Å².